The normalized spacial score (nSPS) is 15.7. The predicted octanol–water partition coefficient (Wildman–Crippen LogP) is 4.51. The molecule has 2 heterocycles. The number of hydrogen-bond acceptors (Lipinski definition) is 4. The zero-order valence-electron chi connectivity index (χ0n) is 21.0. The van der Waals surface area contributed by atoms with E-state index in [1.54, 1.807) is 13.1 Å². The standard InChI is InChI=1S/C28H29FN6O2/c1-15-24(16(2)34-33-15)18-8-11-20(12-9-18)32-28(37)25(23-14-31-35(3)26(23)27(30)36)21-6-4-5-17-7-10-19(29)13-22(17)21/h7-14,21,25H,4-6H2,1-3H3,(H2,30,36)(H,32,37)(H,33,34)/t21-,25?/m1/s1. The number of amides is 2. The molecule has 2 atom stereocenters. The predicted molar refractivity (Wildman–Crippen MR) is 139 cm³/mol. The van der Waals surface area contributed by atoms with E-state index in [0.717, 1.165) is 46.5 Å². The van der Waals surface area contributed by atoms with Crippen molar-refractivity contribution in [2.45, 2.75) is 44.9 Å². The molecule has 1 aliphatic carbocycles. The number of H-pyrrole nitrogens is 1. The maximum Gasteiger partial charge on any atom is 0.267 e. The van der Waals surface area contributed by atoms with E-state index in [4.69, 9.17) is 5.73 Å². The molecule has 4 N–H and O–H groups in total. The number of fused-ring (bicyclic) bond motifs is 1. The smallest absolute Gasteiger partial charge is 0.267 e. The molecule has 0 saturated carbocycles. The number of rotatable bonds is 6. The number of aryl methyl sites for hydroxylation is 4. The zero-order chi connectivity index (χ0) is 26.3. The van der Waals surface area contributed by atoms with Crippen LogP contribution in [0, 0.1) is 19.7 Å². The maximum atomic E-state index is 14.3. The number of anilines is 1. The van der Waals surface area contributed by atoms with Crippen molar-refractivity contribution in [3.63, 3.8) is 0 Å². The van der Waals surface area contributed by atoms with E-state index in [0.29, 0.717) is 17.7 Å². The Morgan fingerprint density at radius 1 is 1.19 bits per heavy atom. The van der Waals surface area contributed by atoms with Crippen LogP contribution in [0.1, 0.15) is 63.2 Å². The second-order valence-corrected chi connectivity index (χ2v) is 9.63. The van der Waals surface area contributed by atoms with Crippen molar-refractivity contribution in [2.75, 3.05) is 5.32 Å². The number of benzene rings is 2. The number of aromatic nitrogens is 4. The molecule has 37 heavy (non-hydrogen) atoms. The quantitative estimate of drug-likeness (QED) is 0.361. The van der Waals surface area contributed by atoms with Crippen LogP contribution in [0.3, 0.4) is 0 Å². The minimum absolute atomic E-state index is 0.171. The van der Waals surface area contributed by atoms with Crippen molar-refractivity contribution in [2.24, 2.45) is 12.8 Å². The summed E-state index contributed by atoms with van der Waals surface area (Å²) >= 11 is 0. The number of hydrogen-bond donors (Lipinski definition) is 3. The Bertz CT molecular complexity index is 1470. The minimum Gasteiger partial charge on any atom is -0.364 e. The van der Waals surface area contributed by atoms with Crippen molar-refractivity contribution >= 4 is 17.5 Å². The van der Waals surface area contributed by atoms with E-state index < -0.39 is 11.8 Å². The summed E-state index contributed by atoms with van der Waals surface area (Å²) in [6, 6.07) is 12.3. The van der Waals surface area contributed by atoms with Crippen LogP contribution in [0.2, 0.25) is 0 Å². The average molecular weight is 501 g/mol. The Labute approximate surface area is 214 Å². The lowest BCUT2D eigenvalue weighted by Gasteiger charge is -2.32. The van der Waals surface area contributed by atoms with Gasteiger partial charge in [-0.05, 0) is 74.1 Å². The molecule has 190 valence electrons. The Balaban J connectivity index is 1.52. The topological polar surface area (TPSA) is 119 Å². The number of carbonyl (C=O) groups excluding carboxylic acids is 2. The van der Waals surface area contributed by atoms with Gasteiger partial charge in [0.2, 0.25) is 5.91 Å². The fourth-order valence-corrected chi connectivity index (χ4v) is 5.59. The van der Waals surface area contributed by atoms with Crippen molar-refractivity contribution in [1.29, 1.82) is 0 Å². The number of nitrogens with two attached hydrogens (primary N) is 1. The van der Waals surface area contributed by atoms with Gasteiger partial charge in [0.15, 0.2) is 0 Å². The Kier molecular flexibility index (Phi) is 6.37. The molecule has 4 aromatic rings. The van der Waals surface area contributed by atoms with Crippen molar-refractivity contribution in [1.82, 2.24) is 20.0 Å². The Morgan fingerprint density at radius 3 is 2.62 bits per heavy atom. The molecule has 5 rings (SSSR count). The van der Waals surface area contributed by atoms with Gasteiger partial charge in [-0.25, -0.2) is 4.39 Å². The summed E-state index contributed by atoms with van der Waals surface area (Å²) in [5.41, 5.74) is 12.6. The van der Waals surface area contributed by atoms with E-state index in [1.165, 1.54) is 23.0 Å². The van der Waals surface area contributed by atoms with Gasteiger partial charge in [0.25, 0.3) is 5.91 Å². The lowest BCUT2D eigenvalue weighted by Crippen LogP contribution is -2.31. The average Bonchev–Trinajstić information content (AvgIpc) is 3.41. The Morgan fingerprint density at radius 2 is 1.95 bits per heavy atom. The van der Waals surface area contributed by atoms with E-state index in [-0.39, 0.29) is 23.3 Å². The van der Waals surface area contributed by atoms with Gasteiger partial charge in [-0.2, -0.15) is 10.2 Å². The molecule has 2 amide bonds. The van der Waals surface area contributed by atoms with E-state index >= 15 is 0 Å². The molecule has 2 aromatic heterocycles. The third-order valence-corrected chi connectivity index (χ3v) is 7.26. The van der Waals surface area contributed by atoms with Crippen LogP contribution in [-0.4, -0.2) is 31.8 Å². The SMILES string of the molecule is Cc1n[nH]c(C)c1-c1ccc(NC(=O)C(c2cnn(C)c2C(N)=O)[C@@H]2CCCc3ccc(F)cc32)cc1. The van der Waals surface area contributed by atoms with E-state index in [2.05, 4.69) is 20.6 Å². The largest absolute Gasteiger partial charge is 0.364 e. The summed E-state index contributed by atoms with van der Waals surface area (Å²) < 4.78 is 15.7. The van der Waals surface area contributed by atoms with Gasteiger partial charge in [-0.1, -0.05) is 18.2 Å². The second-order valence-electron chi connectivity index (χ2n) is 9.63. The second kappa shape index (κ2) is 9.65. The van der Waals surface area contributed by atoms with Gasteiger partial charge < -0.3 is 11.1 Å². The molecule has 2 aromatic carbocycles. The van der Waals surface area contributed by atoms with Crippen LogP contribution in [0.25, 0.3) is 11.1 Å². The summed E-state index contributed by atoms with van der Waals surface area (Å²) in [5, 5.41) is 14.5. The minimum atomic E-state index is -0.782. The van der Waals surface area contributed by atoms with E-state index in [9.17, 15) is 14.0 Å². The van der Waals surface area contributed by atoms with Crippen LogP contribution in [0.4, 0.5) is 10.1 Å². The number of nitrogens with one attached hydrogen (secondary N) is 2. The van der Waals surface area contributed by atoms with Crippen LogP contribution in [-0.2, 0) is 18.3 Å². The van der Waals surface area contributed by atoms with Crippen molar-refractivity contribution < 1.29 is 14.0 Å². The lowest BCUT2D eigenvalue weighted by atomic mass is 9.72. The molecule has 0 saturated heterocycles. The molecular weight excluding hydrogens is 471 g/mol. The number of nitrogens with zero attached hydrogens (tertiary/aromatic N) is 3. The van der Waals surface area contributed by atoms with Gasteiger partial charge in [-0.15, -0.1) is 0 Å². The number of aromatic amines is 1. The van der Waals surface area contributed by atoms with Crippen LogP contribution in [0.15, 0.2) is 48.7 Å². The summed E-state index contributed by atoms with van der Waals surface area (Å²) in [6.07, 6.45) is 3.84. The highest BCUT2D eigenvalue weighted by atomic mass is 19.1. The highest BCUT2D eigenvalue weighted by molar-refractivity contribution is 6.00. The van der Waals surface area contributed by atoms with Crippen molar-refractivity contribution in [3.05, 3.63) is 88.3 Å². The van der Waals surface area contributed by atoms with Crippen LogP contribution < -0.4 is 11.1 Å². The summed E-state index contributed by atoms with van der Waals surface area (Å²) in [6.45, 7) is 3.90. The van der Waals surface area contributed by atoms with Crippen LogP contribution in [0.5, 0.6) is 0 Å². The van der Waals surface area contributed by atoms with E-state index in [1.807, 2.05) is 38.1 Å². The summed E-state index contributed by atoms with van der Waals surface area (Å²) in [5.74, 6) is -2.45. The maximum absolute atomic E-state index is 14.3. The van der Waals surface area contributed by atoms with Crippen molar-refractivity contribution in [3.8, 4) is 11.1 Å². The highest BCUT2D eigenvalue weighted by Crippen LogP contribution is 2.43. The molecule has 0 aliphatic heterocycles. The molecule has 0 fully saturated rings. The lowest BCUT2D eigenvalue weighted by molar-refractivity contribution is -0.118. The number of halogens is 1. The zero-order valence-corrected chi connectivity index (χ0v) is 21.0. The summed E-state index contributed by atoms with van der Waals surface area (Å²) in [7, 11) is 1.62. The van der Waals surface area contributed by atoms with Gasteiger partial charge in [0, 0.05) is 35.5 Å². The molecule has 1 aliphatic rings. The molecule has 1 unspecified atom stereocenters. The summed E-state index contributed by atoms with van der Waals surface area (Å²) in [4.78, 5) is 26.2. The molecular formula is C28H29FN6O2. The molecule has 8 nitrogen and oxygen atoms in total. The monoisotopic (exact) mass is 500 g/mol. The molecule has 9 heteroatoms. The third kappa shape index (κ3) is 4.52. The molecule has 0 bridgehead atoms. The third-order valence-electron chi connectivity index (χ3n) is 7.26. The first-order valence-corrected chi connectivity index (χ1v) is 12.3. The fraction of sp³-hybridized carbons (Fsp3) is 0.286. The highest BCUT2D eigenvalue weighted by Gasteiger charge is 2.38. The number of carbonyl (C=O) groups is 2. The Hall–Kier alpha value is -4.27. The first-order chi connectivity index (χ1) is 17.7. The molecule has 0 spiro atoms. The van der Waals surface area contributed by atoms with Crippen LogP contribution >= 0.6 is 0 Å². The van der Waals surface area contributed by atoms with Gasteiger partial charge in [0.05, 0.1) is 17.8 Å². The molecule has 0 radical (unpaired) electrons. The van der Waals surface area contributed by atoms with Gasteiger partial charge in [0.1, 0.15) is 11.5 Å². The van der Waals surface area contributed by atoms with Gasteiger partial charge in [-0.3, -0.25) is 19.4 Å². The fourth-order valence-electron chi connectivity index (χ4n) is 5.59. The van der Waals surface area contributed by atoms with Gasteiger partial charge >= 0.3 is 0 Å². The number of primary amides is 1. The first kappa shape index (κ1) is 24.4. The first-order valence-electron chi connectivity index (χ1n) is 12.3.